The summed E-state index contributed by atoms with van der Waals surface area (Å²) in [5.41, 5.74) is -0.0607. The Balaban J connectivity index is 0.00000264. The molecule has 1 heterocycles. The van der Waals surface area contributed by atoms with Crippen LogP contribution in [0.4, 0.5) is 18.9 Å². The number of anilines is 1. The normalized spacial score (nSPS) is 11.0. The summed E-state index contributed by atoms with van der Waals surface area (Å²) in [5.74, 6) is -0.169. The third-order valence-corrected chi connectivity index (χ3v) is 2.93. The van der Waals surface area contributed by atoms with Gasteiger partial charge in [0.2, 0.25) is 5.91 Å². The van der Waals surface area contributed by atoms with Gasteiger partial charge in [0.25, 0.3) is 0 Å². The van der Waals surface area contributed by atoms with Crippen molar-refractivity contribution in [3.63, 3.8) is 0 Å². The van der Waals surface area contributed by atoms with Crippen molar-refractivity contribution >= 4 is 24.0 Å². The zero-order valence-electron chi connectivity index (χ0n) is 12.2. The highest BCUT2D eigenvalue weighted by Crippen LogP contribution is 2.30. The minimum absolute atomic E-state index is 0. The van der Waals surface area contributed by atoms with Gasteiger partial charge in [-0.3, -0.25) is 4.79 Å². The van der Waals surface area contributed by atoms with Crippen molar-refractivity contribution in [2.75, 3.05) is 18.9 Å². The number of amides is 1. The maximum absolute atomic E-state index is 12.8. The first kappa shape index (κ1) is 19.0. The molecule has 2 aromatic rings. The van der Waals surface area contributed by atoms with E-state index in [1.807, 2.05) is 0 Å². The Kier molecular flexibility index (Phi) is 6.59. The largest absolute Gasteiger partial charge is 0.433 e. The lowest BCUT2D eigenvalue weighted by molar-refractivity contribution is -0.142. The zero-order valence-corrected chi connectivity index (χ0v) is 13.0. The number of alkyl halides is 3. The molecule has 0 aliphatic rings. The molecule has 2 N–H and O–H groups in total. The molecule has 0 unspecified atom stereocenters. The Morgan fingerprint density at radius 1 is 1.22 bits per heavy atom. The number of hydrogen-bond donors (Lipinski definition) is 2. The third kappa shape index (κ3) is 4.97. The lowest BCUT2D eigenvalue weighted by Gasteiger charge is -2.11. The molecule has 0 saturated heterocycles. The van der Waals surface area contributed by atoms with Crippen LogP contribution in [0.25, 0.3) is 5.69 Å². The van der Waals surface area contributed by atoms with Gasteiger partial charge in [0.05, 0.1) is 11.9 Å². The first-order valence-corrected chi connectivity index (χ1v) is 6.58. The Morgan fingerprint density at radius 2 is 1.87 bits per heavy atom. The third-order valence-electron chi connectivity index (χ3n) is 2.93. The van der Waals surface area contributed by atoms with Gasteiger partial charge in [-0.2, -0.15) is 18.3 Å². The van der Waals surface area contributed by atoms with Crippen LogP contribution in [0.5, 0.6) is 0 Å². The zero-order chi connectivity index (χ0) is 16.2. The van der Waals surface area contributed by atoms with Crippen molar-refractivity contribution in [1.82, 2.24) is 15.1 Å². The number of halogens is 4. The quantitative estimate of drug-likeness (QED) is 0.873. The molecule has 0 aliphatic heterocycles. The highest BCUT2D eigenvalue weighted by molar-refractivity contribution is 5.90. The first-order chi connectivity index (χ1) is 10.4. The van der Waals surface area contributed by atoms with Crippen molar-refractivity contribution < 1.29 is 18.0 Å². The van der Waals surface area contributed by atoms with E-state index in [-0.39, 0.29) is 24.0 Å². The Hall–Kier alpha value is -2.06. The molecule has 126 valence electrons. The van der Waals surface area contributed by atoms with Crippen LogP contribution in [-0.2, 0) is 11.0 Å². The number of nitrogens with zero attached hydrogens (tertiary/aromatic N) is 2. The molecule has 23 heavy (non-hydrogen) atoms. The highest BCUT2D eigenvalue weighted by atomic mass is 35.5. The summed E-state index contributed by atoms with van der Waals surface area (Å²) in [6, 6.07) is 6.92. The molecule has 1 amide bonds. The standard InChI is InChI=1S/C14H15F3N4O.ClH/c1-18-8-7-13(22)20-10-2-4-11(5-3-10)21-12(6-9-19-21)14(15,16)17;/h2-6,9,18H,7-8H2,1H3,(H,20,22);1H. The monoisotopic (exact) mass is 348 g/mol. The maximum atomic E-state index is 12.8. The molecule has 0 fully saturated rings. The minimum atomic E-state index is -4.48. The number of hydrogen-bond acceptors (Lipinski definition) is 3. The number of benzene rings is 1. The van der Waals surface area contributed by atoms with Crippen LogP contribution >= 0.6 is 12.4 Å². The second-order valence-electron chi connectivity index (χ2n) is 4.57. The molecule has 0 radical (unpaired) electrons. The van der Waals surface area contributed by atoms with Gasteiger partial charge >= 0.3 is 6.18 Å². The van der Waals surface area contributed by atoms with Gasteiger partial charge in [-0.25, -0.2) is 4.68 Å². The van der Waals surface area contributed by atoms with Gasteiger partial charge in [-0.1, -0.05) is 0 Å². The van der Waals surface area contributed by atoms with Crippen molar-refractivity contribution in [3.8, 4) is 5.69 Å². The molecule has 1 aromatic heterocycles. The van der Waals surface area contributed by atoms with Crippen LogP contribution in [-0.4, -0.2) is 29.3 Å². The Bertz CT molecular complexity index is 640. The number of rotatable bonds is 5. The summed E-state index contributed by atoms with van der Waals surface area (Å²) in [5, 5.41) is 9.20. The van der Waals surface area contributed by atoms with Crippen LogP contribution in [0.15, 0.2) is 36.5 Å². The first-order valence-electron chi connectivity index (χ1n) is 6.58. The number of carbonyl (C=O) groups is 1. The van der Waals surface area contributed by atoms with Crippen molar-refractivity contribution in [1.29, 1.82) is 0 Å². The lowest BCUT2D eigenvalue weighted by Crippen LogP contribution is -2.18. The smallest absolute Gasteiger partial charge is 0.326 e. The van der Waals surface area contributed by atoms with E-state index in [9.17, 15) is 18.0 Å². The van der Waals surface area contributed by atoms with E-state index in [0.29, 0.717) is 18.7 Å². The fourth-order valence-electron chi connectivity index (χ4n) is 1.87. The van der Waals surface area contributed by atoms with Gasteiger partial charge in [-0.05, 0) is 37.4 Å². The number of nitrogens with one attached hydrogen (secondary N) is 2. The minimum Gasteiger partial charge on any atom is -0.326 e. The van der Waals surface area contributed by atoms with E-state index in [1.165, 1.54) is 24.3 Å². The van der Waals surface area contributed by atoms with Crippen LogP contribution in [0.1, 0.15) is 12.1 Å². The van der Waals surface area contributed by atoms with E-state index in [1.54, 1.807) is 7.05 Å². The predicted molar refractivity (Wildman–Crippen MR) is 83.0 cm³/mol. The second kappa shape index (κ2) is 7.98. The van der Waals surface area contributed by atoms with Crippen molar-refractivity contribution in [2.45, 2.75) is 12.6 Å². The molecule has 0 saturated carbocycles. The molecule has 9 heteroatoms. The van der Waals surface area contributed by atoms with E-state index in [4.69, 9.17) is 0 Å². The lowest BCUT2D eigenvalue weighted by atomic mass is 10.2. The van der Waals surface area contributed by atoms with Gasteiger partial charge in [0.1, 0.15) is 5.69 Å². The molecule has 0 spiro atoms. The molecule has 0 aliphatic carbocycles. The predicted octanol–water partition coefficient (Wildman–Crippen LogP) is 2.86. The highest BCUT2D eigenvalue weighted by Gasteiger charge is 2.35. The van der Waals surface area contributed by atoms with Crippen LogP contribution in [0, 0.1) is 0 Å². The van der Waals surface area contributed by atoms with Gasteiger partial charge in [-0.15, -0.1) is 12.4 Å². The average molecular weight is 349 g/mol. The van der Waals surface area contributed by atoms with Gasteiger partial charge in [0, 0.05) is 18.7 Å². The van der Waals surface area contributed by atoms with Gasteiger partial charge in [0.15, 0.2) is 0 Å². The summed E-state index contributed by atoms with van der Waals surface area (Å²) in [6.45, 7) is 0.548. The molecule has 5 nitrogen and oxygen atoms in total. The second-order valence-corrected chi connectivity index (χ2v) is 4.57. The Morgan fingerprint density at radius 3 is 2.43 bits per heavy atom. The molecular weight excluding hydrogens is 333 g/mol. The molecule has 0 bridgehead atoms. The van der Waals surface area contributed by atoms with Gasteiger partial charge < -0.3 is 10.6 Å². The van der Waals surface area contributed by atoms with E-state index in [0.717, 1.165) is 16.9 Å². The average Bonchev–Trinajstić information content (AvgIpc) is 2.95. The molecule has 0 atom stereocenters. The summed E-state index contributed by atoms with van der Waals surface area (Å²) < 4.78 is 39.3. The fourth-order valence-corrected chi connectivity index (χ4v) is 1.87. The summed E-state index contributed by atoms with van der Waals surface area (Å²) >= 11 is 0. The fraction of sp³-hybridized carbons (Fsp3) is 0.286. The van der Waals surface area contributed by atoms with E-state index >= 15 is 0 Å². The SMILES string of the molecule is CNCCC(=O)Nc1ccc(-n2nccc2C(F)(F)F)cc1.Cl. The summed E-state index contributed by atoms with van der Waals surface area (Å²) in [6.07, 6.45) is -3.07. The van der Waals surface area contributed by atoms with Crippen LogP contribution < -0.4 is 10.6 Å². The summed E-state index contributed by atoms with van der Waals surface area (Å²) in [7, 11) is 1.74. The number of aromatic nitrogens is 2. The molecular formula is C14H16ClF3N4O. The molecule has 1 aromatic carbocycles. The maximum Gasteiger partial charge on any atom is 0.433 e. The van der Waals surface area contributed by atoms with E-state index in [2.05, 4.69) is 15.7 Å². The van der Waals surface area contributed by atoms with Crippen LogP contribution in [0.2, 0.25) is 0 Å². The molecule has 2 rings (SSSR count). The Labute approximate surface area is 137 Å². The number of carbonyl (C=O) groups excluding carboxylic acids is 1. The van der Waals surface area contributed by atoms with E-state index < -0.39 is 11.9 Å². The van der Waals surface area contributed by atoms with Crippen molar-refractivity contribution in [2.24, 2.45) is 0 Å². The topological polar surface area (TPSA) is 59.0 Å². The summed E-state index contributed by atoms with van der Waals surface area (Å²) in [4.78, 5) is 11.6. The van der Waals surface area contributed by atoms with Crippen molar-refractivity contribution in [3.05, 3.63) is 42.2 Å². The van der Waals surface area contributed by atoms with Crippen LogP contribution in [0.3, 0.4) is 0 Å².